The molecule has 0 saturated carbocycles. The highest BCUT2D eigenvalue weighted by atomic mass is 127. The van der Waals surface area contributed by atoms with Gasteiger partial charge in [0.2, 0.25) is 0 Å². The summed E-state index contributed by atoms with van der Waals surface area (Å²) in [5.41, 5.74) is 6.26. The summed E-state index contributed by atoms with van der Waals surface area (Å²) in [4.78, 5) is 0. The second-order valence-electron chi connectivity index (χ2n) is 6.14. The van der Waals surface area contributed by atoms with Crippen LogP contribution in [0.1, 0.15) is 43.5 Å². The minimum Gasteiger partial charge on any atom is -0.271 e. The summed E-state index contributed by atoms with van der Waals surface area (Å²) in [5, 5.41) is 0. The summed E-state index contributed by atoms with van der Waals surface area (Å²) in [5.74, 6) is 5.49. The third-order valence-electron chi connectivity index (χ3n) is 3.55. The van der Waals surface area contributed by atoms with Gasteiger partial charge in [-0.25, -0.2) is 9.82 Å². The van der Waals surface area contributed by atoms with E-state index in [0.717, 1.165) is 14.7 Å². The third-order valence-corrected chi connectivity index (χ3v) is 4.48. The first-order valence-corrected chi connectivity index (χ1v) is 7.92. The zero-order valence-electron chi connectivity index (χ0n) is 12.5. The van der Waals surface area contributed by atoms with Crippen molar-refractivity contribution < 1.29 is 4.39 Å². The van der Waals surface area contributed by atoms with Gasteiger partial charge in [0, 0.05) is 3.57 Å². The highest BCUT2D eigenvalue weighted by Crippen LogP contribution is 2.29. The second-order valence-corrected chi connectivity index (χ2v) is 7.30. The molecule has 112 valence electrons. The van der Waals surface area contributed by atoms with Crippen LogP contribution >= 0.6 is 22.6 Å². The van der Waals surface area contributed by atoms with Crippen molar-refractivity contribution in [3.05, 3.63) is 68.5 Å². The maximum absolute atomic E-state index is 13.2. The molecule has 2 nitrogen and oxygen atoms in total. The van der Waals surface area contributed by atoms with Gasteiger partial charge in [-0.2, -0.15) is 0 Å². The zero-order valence-corrected chi connectivity index (χ0v) is 14.6. The van der Waals surface area contributed by atoms with Crippen molar-refractivity contribution in [3.63, 3.8) is 0 Å². The minimum absolute atomic E-state index is 0.120. The molecule has 0 aliphatic carbocycles. The number of halogens is 2. The molecule has 0 radical (unpaired) electrons. The van der Waals surface area contributed by atoms with E-state index >= 15 is 0 Å². The van der Waals surface area contributed by atoms with E-state index in [0.29, 0.717) is 0 Å². The van der Waals surface area contributed by atoms with Crippen molar-refractivity contribution in [1.82, 2.24) is 5.43 Å². The van der Waals surface area contributed by atoms with E-state index in [4.69, 9.17) is 5.84 Å². The number of benzene rings is 2. The molecule has 0 heterocycles. The molecule has 1 atom stereocenters. The van der Waals surface area contributed by atoms with Gasteiger partial charge in [0.25, 0.3) is 0 Å². The molecule has 0 bridgehead atoms. The molecule has 2 rings (SSSR count). The predicted molar refractivity (Wildman–Crippen MR) is 93.4 cm³/mol. The molecule has 0 aliphatic heterocycles. The van der Waals surface area contributed by atoms with Crippen LogP contribution in [0.25, 0.3) is 0 Å². The number of hydrogen-bond donors (Lipinski definition) is 2. The molecule has 4 heteroatoms. The molecule has 0 saturated heterocycles. The van der Waals surface area contributed by atoms with Gasteiger partial charge in [0.1, 0.15) is 5.82 Å². The molecule has 3 N–H and O–H groups in total. The lowest BCUT2D eigenvalue weighted by molar-refractivity contribution is 0.587. The molecule has 2 aromatic carbocycles. The first-order chi connectivity index (χ1) is 9.82. The van der Waals surface area contributed by atoms with Crippen molar-refractivity contribution in [2.45, 2.75) is 32.2 Å². The standard InChI is InChI=1S/C17H20FIN2/c1-17(2,3)12-6-4-11(5-7-12)16(21-20)14-9-8-13(18)10-15(14)19/h4-10,16,21H,20H2,1-3H3. The molecule has 1 unspecified atom stereocenters. The maximum Gasteiger partial charge on any atom is 0.124 e. The predicted octanol–water partition coefficient (Wildman–Crippen LogP) is 4.28. The van der Waals surface area contributed by atoms with Crippen LogP contribution in [0.4, 0.5) is 4.39 Å². The lowest BCUT2D eigenvalue weighted by Crippen LogP contribution is -2.29. The van der Waals surface area contributed by atoms with Gasteiger partial charge in [-0.1, -0.05) is 51.1 Å². The topological polar surface area (TPSA) is 38.0 Å². The third kappa shape index (κ3) is 3.81. The van der Waals surface area contributed by atoms with Gasteiger partial charge in [-0.3, -0.25) is 5.84 Å². The van der Waals surface area contributed by atoms with Crippen molar-refractivity contribution in [2.75, 3.05) is 0 Å². The van der Waals surface area contributed by atoms with Crippen LogP contribution in [-0.4, -0.2) is 0 Å². The minimum atomic E-state index is -0.234. The Balaban J connectivity index is 2.37. The fourth-order valence-electron chi connectivity index (χ4n) is 2.28. The van der Waals surface area contributed by atoms with Gasteiger partial charge in [-0.15, -0.1) is 0 Å². The van der Waals surface area contributed by atoms with E-state index in [2.05, 4.69) is 73.1 Å². The summed E-state index contributed by atoms with van der Waals surface area (Å²) in [6.45, 7) is 6.55. The van der Waals surface area contributed by atoms with Crippen molar-refractivity contribution in [3.8, 4) is 0 Å². The Morgan fingerprint density at radius 3 is 2.19 bits per heavy atom. The Kier molecular flexibility index (Phi) is 5.01. The number of hydrogen-bond acceptors (Lipinski definition) is 2. The molecule has 0 fully saturated rings. The SMILES string of the molecule is CC(C)(C)c1ccc(C(NN)c2ccc(F)cc2I)cc1. The van der Waals surface area contributed by atoms with E-state index < -0.39 is 0 Å². The van der Waals surface area contributed by atoms with E-state index in [1.807, 2.05) is 0 Å². The summed E-state index contributed by atoms with van der Waals surface area (Å²) >= 11 is 2.14. The number of hydrazine groups is 1. The Morgan fingerprint density at radius 2 is 1.71 bits per heavy atom. The largest absolute Gasteiger partial charge is 0.271 e. The van der Waals surface area contributed by atoms with Crippen molar-refractivity contribution >= 4 is 22.6 Å². The molecule has 0 amide bonds. The lowest BCUT2D eigenvalue weighted by atomic mass is 9.86. The summed E-state index contributed by atoms with van der Waals surface area (Å²) < 4.78 is 14.1. The van der Waals surface area contributed by atoms with Crippen LogP contribution in [0.3, 0.4) is 0 Å². The van der Waals surface area contributed by atoms with Crippen LogP contribution in [0.15, 0.2) is 42.5 Å². The van der Waals surface area contributed by atoms with Gasteiger partial charge in [0.05, 0.1) is 6.04 Å². The fraction of sp³-hybridized carbons (Fsp3) is 0.294. The Bertz CT molecular complexity index is 618. The second kappa shape index (κ2) is 6.42. The van der Waals surface area contributed by atoms with Gasteiger partial charge in [0.15, 0.2) is 0 Å². The van der Waals surface area contributed by atoms with Crippen LogP contribution in [0, 0.1) is 9.39 Å². The van der Waals surface area contributed by atoms with Crippen LogP contribution in [0.2, 0.25) is 0 Å². The van der Waals surface area contributed by atoms with Crippen LogP contribution in [-0.2, 0) is 5.41 Å². The normalized spacial score (nSPS) is 13.2. The quantitative estimate of drug-likeness (QED) is 0.460. The van der Waals surface area contributed by atoms with Gasteiger partial charge in [-0.05, 0) is 56.8 Å². The summed E-state index contributed by atoms with van der Waals surface area (Å²) in [6.07, 6.45) is 0. The lowest BCUT2D eigenvalue weighted by Gasteiger charge is -2.22. The van der Waals surface area contributed by atoms with Crippen LogP contribution < -0.4 is 11.3 Å². The Hall–Kier alpha value is -0.980. The molecule has 2 aromatic rings. The fourth-order valence-corrected chi connectivity index (χ4v) is 3.07. The smallest absolute Gasteiger partial charge is 0.124 e. The molecule has 0 aromatic heterocycles. The van der Waals surface area contributed by atoms with Gasteiger partial charge < -0.3 is 0 Å². The monoisotopic (exact) mass is 398 g/mol. The van der Waals surface area contributed by atoms with E-state index in [1.165, 1.54) is 17.7 Å². The molecular weight excluding hydrogens is 378 g/mol. The van der Waals surface area contributed by atoms with E-state index in [1.54, 1.807) is 6.07 Å². The number of nitrogens with one attached hydrogen (secondary N) is 1. The summed E-state index contributed by atoms with van der Waals surface area (Å²) in [6, 6.07) is 13.0. The van der Waals surface area contributed by atoms with Crippen LogP contribution in [0.5, 0.6) is 0 Å². The first kappa shape index (κ1) is 16.4. The molecule has 0 aliphatic rings. The average Bonchev–Trinajstić information content (AvgIpc) is 2.41. The Labute approximate surface area is 139 Å². The van der Waals surface area contributed by atoms with E-state index in [-0.39, 0.29) is 17.3 Å². The first-order valence-electron chi connectivity index (χ1n) is 6.84. The molecule has 21 heavy (non-hydrogen) atoms. The number of rotatable bonds is 3. The highest BCUT2D eigenvalue weighted by molar-refractivity contribution is 14.1. The highest BCUT2D eigenvalue weighted by Gasteiger charge is 2.18. The molecule has 0 spiro atoms. The summed E-state index contributed by atoms with van der Waals surface area (Å²) in [7, 11) is 0. The van der Waals surface area contributed by atoms with Crippen molar-refractivity contribution in [1.29, 1.82) is 0 Å². The molecular formula is C17H20FIN2. The van der Waals surface area contributed by atoms with Gasteiger partial charge >= 0.3 is 0 Å². The van der Waals surface area contributed by atoms with Crippen molar-refractivity contribution in [2.24, 2.45) is 5.84 Å². The Morgan fingerprint density at radius 1 is 1.10 bits per heavy atom. The average molecular weight is 398 g/mol. The van der Waals surface area contributed by atoms with E-state index in [9.17, 15) is 4.39 Å². The maximum atomic E-state index is 13.2. The zero-order chi connectivity index (χ0) is 15.6. The number of nitrogens with two attached hydrogens (primary N) is 1.